The van der Waals surface area contributed by atoms with Gasteiger partial charge in [0.1, 0.15) is 0 Å². The van der Waals surface area contributed by atoms with Crippen molar-refractivity contribution in [1.29, 1.82) is 0 Å². The molecule has 0 aliphatic rings. The van der Waals surface area contributed by atoms with Crippen molar-refractivity contribution < 1.29 is 0 Å². The first-order valence-corrected chi connectivity index (χ1v) is 17.1. The van der Waals surface area contributed by atoms with Gasteiger partial charge in [0, 0.05) is 39.0 Å². The summed E-state index contributed by atoms with van der Waals surface area (Å²) in [5.74, 6) is 0. The average Bonchev–Trinajstić information content (AvgIpc) is 3.68. The highest BCUT2D eigenvalue weighted by atomic mass is 15.1. The summed E-state index contributed by atoms with van der Waals surface area (Å²) in [7, 11) is 0. The van der Waals surface area contributed by atoms with Gasteiger partial charge in [0.25, 0.3) is 0 Å². The first-order chi connectivity index (χ1) is 24.7. The van der Waals surface area contributed by atoms with Crippen molar-refractivity contribution in [3.63, 3.8) is 0 Å². The zero-order valence-electron chi connectivity index (χ0n) is 27.5. The van der Waals surface area contributed by atoms with Crippen molar-refractivity contribution in [2.45, 2.75) is 18.2 Å². The van der Waals surface area contributed by atoms with Gasteiger partial charge in [-0.05, 0) is 65.2 Å². The summed E-state index contributed by atoms with van der Waals surface area (Å²) in [4.78, 5) is 0. The zero-order valence-corrected chi connectivity index (χ0v) is 27.5. The molecule has 0 saturated heterocycles. The highest BCUT2D eigenvalue weighted by Crippen LogP contribution is 2.40. The number of hydrogen-bond acceptors (Lipinski definition) is 3. The molecule has 0 radical (unpaired) electrons. The lowest BCUT2D eigenvalue weighted by Crippen LogP contribution is -2.38. The molecule has 242 valence electrons. The smallest absolute Gasteiger partial charge is 0.0816 e. The van der Waals surface area contributed by atoms with E-state index in [0.717, 1.165) is 39.1 Å². The quantitative estimate of drug-likeness (QED) is 0.144. The van der Waals surface area contributed by atoms with E-state index in [9.17, 15) is 0 Å². The van der Waals surface area contributed by atoms with Crippen molar-refractivity contribution in [3.05, 3.63) is 193 Å². The molecule has 2 aromatic heterocycles. The molecule has 9 aromatic rings. The standard InChI is InChI=1S/C45H37N5/c46-43(30-15-4-1-5-16-30)44(31-17-6-2-7-18-31)48-45(47)32-19-14-22-34(27-32)50-40-26-13-11-24-36(40)38-28-37-35-23-10-12-25-39(35)49(41(37)29-42(38)50)33-20-8-3-9-21-33/h1-29,43-45,48H,46-47H2/t43-,44?,45?/m0/s1. The van der Waals surface area contributed by atoms with Crippen LogP contribution < -0.4 is 16.8 Å². The largest absolute Gasteiger partial charge is 0.322 e. The van der Waals surface area contributed by atoms with E-state index in [0.29, 0.717) is 0 Å². The topological polar surface area (TPSA) is 73.9 Å². The minimum absolute atomic E-state index is 0.196. The summed E-state index contributed by atoms with van der Waals surface area (Å²) in [6.07, 6.45) is -0.463. The fourth-order valence-electron chi connectivity index (χ4n) is 7.65. The molecule has 0 spiro atoms. The Balaban J connectivity index is 1.19. The van der Waals surface area contributed by atoms with Gasteiger partial charge >= 0.3 is 0 Å². The van der Waals surface area contributed by atoms with Crippen LogP contribution in [-0.2, 0) is 0 Å². The molecule has 2 heterocycles. The molecule has 0 saturated carbocycles. The lowest BCUT2D eigenvalue weighted by atomic mass is 9.93. The van der Waals surface area contributed by atoms with Gasteiger partial charge in [0.15, 0.2) is 0 Å². The van der Waals surface area contributed by atoms with Crippen molar-refractivity contribution in [2.75, 3.05) is 0 Å². The number of para-hydroxylation sites is 3. The molecule has 5 nitrogen and oxygen atoms in total. The fourth-order valence-corrected chi connectivity index (χ4v) is 7.65. The van der Waals surface area contributed by atoms with Crippen LogP contribution in [0, 0.1) is 0 Å². The molecular weight excluding hydrogens is 611 g/mol. The predicted molar refractivity (Wildman–Crippen MR) is 208 cm³/mol. The first-order valence-electron chi connectivity index (χ1n) is 17.1. The van der Waals surface area contributed by atoms with Gasteiger partial charge in [-0.15, -0.1) is 0 Å². The van der Waals surface area contributed by atoms with Crippen LogP contribution in [0.25, 0.3) is 55.0 Å². The molecule has 5 heteroatoms. The first kappa shape index (κ1) is 30.1. The van der Waals surface area contributed by atoms with Gasteiger partial charge in [-0.3, -0.25) is 5.32 Å². The third kappa shape index (κ3) is 5.08. The van der Waals surface area contributed by atoms with Gasteiger partial charge in [0.05, 0.1) is 34.3 Å². The Labute approximate surface area is 291 Å². The number of fused-ring (bicyclic) bond motifs is 6. The van der Waals surface area contributed by atoms with Gasteiger partial charge in [-0.25, -0.2) is 0 Å². The molecule has 5 N–H and O–H groups in total. The number of nitrogens with zero attached hydrogens (tertiary/aromatic N) is 2. The minimum Gasteiger partial charge on any atom is -0.322 e. The Hall–Kier alpha value is -5.98. The molecule has 0 amide bonds. The third-order valence-electron chi connectivity index (χ3n) is 10.0. The second-order valence-corrected chi connectivity index (χ2v) is 13.0. The summed E-state index contributed by atoms with van der Waals surface area (Å²) in [5, 5.41) is 8.61. The second-order valence-electron chi connectivity index (χ2n) is 13.0. The van der Waals surface area contributed by atoms with E-state index in [-0.39, 0.29) is 12.1 Å². The highest BCUT2D eigenvalue weighted by Gasteiger charge is 2.24. The van der Waals surface area contributed by atoms with Gasteiger partial charge in [-0.1, -0.05) is 127 Å². The number of benzene rings is 7. The van der Waals surface area contributed by atoms with E-state index in [1.807, 2.05) is 36.4 Å². The molecule has 3 atom stereocenters. The van der Waals surface area contributed by atoms with Gasteiger partial charge < -0.3 is 20.6 Å². The van der Waals surface area contributed by atoms with Crippen LogP contribution >= 0.6 is 0 Å². The molecule has 0 bridgehead atoms. The zero-order chi connectivity index (χ0) is 33.6. The number of nitrogens with two attached hydrogens (primary N) is 2. The highest BCUT2D eigenvalue weighted by molar-refractivity contribution is 6.19. The van der Waals surface area contributed by atoms with E-state index in [2.05, 4.69) is 154 Å². The normalized spacial score (nSPS) is 13.6. The van der Waals surface area contributed by atoms with E-state index in [4.69, 9.17) is 11.5 Å². The molecular formula is C45H37N5. The predicted octanol–water partition coefficient (Wildman–Crippen LogP) is 9.87. The van der Waals surface area contributed by atoms with Crippen LogP contribution in [-0.4, -0.2) is 9.13 Å². The molecule has 0 aliphatic carbocycles. The number of aromatic nitrogens is 2. The van der Waals surface area contributed by atoms with E-state index < -0.39 is 6.17 Å². The average molecular weight is 648 g/mol. The van der Waals surface area contributed by atoms with Crippen molar-refractivity contribution in [1.82, 2.24) is 14.5 Å². The van der Waals surface area contributed by atoms with Crippen molar-refractivity contribution >= 4 is 43.6 Å². The van der Waals surface area contributed by atoms with Crippen LogP contribution in [0.5, 0.6) is 0 Å². The molecule has 9 rings (SSSR count). The summed E-state index contributed by atoms with van der Waals surface area (Å²) >= 11 is 0. The maximum Gasteiger partial charge on any atom is 0.0816 e. The van der Waals surface area contributed by atoms with Crippen LogP contribution in [0.4, 0.5) is 0 Å². The monoisotopic (exact) mass is 647 g/mol. The van der Waals surface area contributed by atoms with E-state index in [1.165, 1.54) is 32.6 Å². The lowest BCUT2D eigenvalue weighted by Gasteiger charge is -2.29. The van der Waals surface area contributed by atoms with Crippen molar-refractivity contribution in [3.8, 4) is 11.4 Å². The molecule has 7 aromatic carbocycles. The van der Waals surface area contributed by atoms with Crippen LogP contribution in [0.2, 0.25) is 0 Å². The Morgan fingerprint density at radius 2 is 0.860 bits per heavy atom. The number of hydrogen-bond donors (Lipinski definition) is 3. The maximum absolute atomic E-state index is 7.02. The molecule has 0 fully saturated rings. The Bertz CT molecular complexity index is 2600. The van der Waals surface area contributed by atoms with Crippen molar-refractivity contribution in [2.24, 2.45) is 11.5 Å². The second kappa shape index (κ2) is 12.5. The summed E-state index contributed by atoms with van der Waals surface area (Å²) in [6, 6.07) is 61.3. The minimum atomic E-state index is -0.463. The lowest BCUT2D eigenvalue weighted by molar-refractivity contribution is 0.398. The van der Waals surface area contributed by atoms with Crippen LogP contribution in [0.15, 0.2) is 176 Å². The Morgan fingerprint density at radius 1 is 0.380 bits per heavy atom. The number of rotatable bonds is 8. The molecule has 2 unspecified atom stereocenters. The maximum atomic E-state index is 7.02. The fraction of sp³-hybridized carbons (Fsp3) is 0.0667. The van der Waals surface area contributed by atoms with Crippen LogP contribution in [0.3, 0.4) is 0 Å². The summed E-state index contributed by atoms with van der Waals surface area (Å²) in [5.41, 5.74) is 23.9. The summed E-state index contributed by atoms with van der Waals surface area (Å²) < 4.78 is 4.75. The van der Waals surface area contributed by atoms with E-state index in [1.54, 1.807) is 0 Å². The van der Waals surface area contributed by atoms with Gasteiger partial charge in [-0.2, -0.15) is 0 Å². The number of nitrogens with one attached hydrogen (secondary N) is 1. The Kier molecular flexibility index (Phi) is 7.51. The van der Waals surface area contributed by atoms with Crippen LogP contribution in [0.1, 0.15) is 34.9 Å². The Morgan fingerprint density at radius 3 is 1.48 bits per heavy atom. The molecule has 50 heavy (non-hydrogen) atoms. The SMILES string of the molecule is NC(NC(c1ccccc1)[C@@H](N)c1ccccc1)c1cccc(-n2c3ccccc3c3cc4c5ccccc5n(-c5ccccc5)c4cc32)c1. The van der Waals surface area contributed by atoms with E-state index >= 15 is 0 Å². The third-order valence-corrected chi connectivity index (χ3v) is 10.0. The molecule has 0 aliphatic heterocycles. The summed E-state index contributed by atoms with van der Waals surface area (Å²) in [6.45, 7) is 0. The van der Waals surface area contributed by atoms with Gasteiger partial charge in [0.2, 0.25) is 0 Å².